The van der Waals surface area contributed by atoms with Crippen molar-refractivity contribution < 1.29 is 4.79 Å². The van der Waals surface area contributed by atoms with Gasteiger partial charge in [-0.15, -0.1) is 0 Å². The van der Waals surface area contributed by atoms with Crippen LogP contribution < -0.4 is 0 Å². The topological polar surface area (TPSA) is 38.1 Å². The van der Waals surface area contributed by atoms with Crippen LogP contribution in [0.2, 0.25) is 0 Å². The van der Waals surface area contributed by atoms with Gasteiger partial charge in [-0.2, -0.15) is 0 Å². The number of imidazole rings is 1. The van der Waals surface area contributed by atoms with Gasteiger partial charge in [0.1, 0.15) is 5.82 Å². The monoisotopic (exact) mass is 347 g/mol. The molecule has 0 saturated carbocycles. The van der Waals surface area contributed by atoms with Gasteiger partial charge in [-0.05, 0) is 34.7 Å². The summed E-state index contributed by atoms with van der Waals surface area (Å²) in [5.74, 6) is 1.38. The van der Waals surface area contributed by atoms with Crippen molar-refractivity contribution in [2.24, 2.45) is 7.05 Å². The molecule has 0 aliphatic carbocycles. The Morgan fingerprint density at radius 2 is 1.62 bits per heavy atom. The van der Waals surface area contributed by atoms with E-state index in [9.17, 15) is 4.79 Å². The van der Waals surface area contributed by atoms with Crippen LogP contribution in [-0.2, 0) is 13.6 Å². The molecule has 0 spiro atoms. The van der Waals surface area contributed by atoms with Crippen LogP contribution in [-0.4, -0.2) is 27.4 Å². The standard InChI is InChI=1S/C22H25N3O/c1-16(2)17-5-7-18(8-6-17)19-9-11-20(12-10-19)22(26)25(4)15-21-23-13-14-24(21)3/h5-14,16H,15H2,1-4H3. The number of aryl methyl sites for hydroxylation is 1. The summed E-state index contributed by atoms with van der Waals surface area (Å²) in [5.41, 5.74) is 4.29. The van der Waals surface area contributed by atoms with E-state index in [4.69, 9.17) is 0 Å². The molecular formula is C22H25N3O. The molecule has 0 fully saturated rings. The number of hydrogen-bond acceptors (Lipinski definition) is 2. The average molecular weight is 347 g/mol. The first kappa shape index (κ1) is 17.9. The maximum Gasteiger partial charge on any atom is 0.254 e. The molecule has 26 heavy (non-hydrogen) atoms. The van der Waals surface area contributed by atoms with Crippen molar-refractivity contribution in [2.45, 2.75) is 26.3 Å². The van der Waals surface area contributed by atoms with E-state index in [1.54, 1.807) is 18.1 Å². The fourth-order valence-corrected chi connectivity index (χ4v) is 2.92. The third-order valence-corrected chi connectivity index (χ3v) is 4.69. The zero-order valence-corrected chi connectivity index (χ0v) is 15.8. The third-order valence-electron chi connectivity index (χ3n) is 4.69. The molecule has 3 rings (SSSR count). The van der Waals surface area contributed by atoms with Crippen LogP contribution >= 0.6 is 0 Å². The molecule has 0 N–H and O–H groups in total. The number of aromatic nitrogens is 2. The highest BCUT2D eigenvalue weighted by atomic mass is 16.2. The molecule has 4 nitrogen and oxygen atoms in total. The predicted molar refractivity (Wildman–Crippen MR) is 105 cm³/mol. The van der Waals surface area contributed by atoms with E-state index < -0.39 is 0 Å². The Balaban J connectivity index is 1.72. The first-order valence-corrected chi connectivity index (χ1v) is 8.87. The molecule has 0 radical (unpaired) electrons. The van der Waals surface area contributed by atoms with E-state index in [1.165, 1.54) is 5.56 Å². The molecule has 1 heterocycles. The zero-order valence-electron chi connectivity index (χ0n) is 15.8. The second-order valence-electron chi connectivity index (χ2n) is 6.97. The fraction of sp³-hybridized carbons (Fsp3) is 0.273. The molecular weight excluding hydrogens is 322 g/mol. The number of nitrogens with zero attached hydrogens (tertiary/aromatic N) is 3. The van der Waals surface area contributed by atoms with Crippen LogP contribution in [0.15, 0.2) is 60.9 Å². The molecule has 0 unspecified atom stereocenters. The minimum atomic E-state index is -0.00490. The highest BCUT2D eigenvalue weighted by Gasteiger charge is 2.14. The lowest BCUT2D eigenvalue weighted by atomic mass is 9.98. The van der Waals surface area contributed by atoms with Gasteiger partial charge >= 0.3 is 0 Å². The van der Waals surface area contributed by atoms with Crippen LogP contribution in [0.3, 0.4) is 0 Å². The predicted octanol–water partition coefficient (Wildman–Crippen LogP) is 4.48. The van der Waals surface area contributed by atoms with Gasteiger partial charge in [0.2, 0.25) is 0 Å². The first-order valence-electron chi connectivity index (χ1n) is 8.87. The Morgan fingerprint density at radius 3 is 2.12 bits per heavy atom. The lowest BCUT2D eigenvalue weighted by Gasteiger charge is -2.17. The average Bonchev–Trinajstić information content (AvgIpc) is 3.06. The Hall–Kier alpha value is -2.88. The summed E-state index contributed by atoms with van der Waals surface area (Å²) in [6, 6.07) is 16.4. The largest absolute Gasteiger partial charge is 0.337 e. The van der Waals surface area contributed by atoms with Crippen molar-refractivity contribution in [1.82, 2.24) is 14.5 Å². The molecule has 3 aromatic rings. The Morgan fingerprint density at radius 1 is 1.04 bits per heavy atom. The van der Waals surface area contributed by atoms with E-state index >= 15 is 0 Å². The maximum atomic E-state index is 12.6. The minimum absolute atomic E-state index is 0.00490. The van der Waals surface area contributed by atoms with E-state index in [0.29, 0.717) is 18.0 Å². The molecule has 0 atom stereocenters. The Kier molecular flexibility index (Phi) is 5.21. The molecule has 0 saturated heterocycles. The van der Waals surface area contributed by atoms with Gasteiger partial charge < -0.3 is 9.47 Å². The maximum absolute atomic E-state index is 12.6. The van der Waals surface area contributed by atoms with Gasteiger partial charge in [0.05, 0.1) is 6.54 Å². The Labute approximate surface area is 155 Å². The summed E-state index contributed by atoms with van der Waals surface area (Å²) in [6.07, 6.45) is 3.63. The van der Waals surface area contributed by atoms with Crippen LogP contribution in [0.25, 0.3) is 11.1 Å². The van der Waals surface area contributed by atoms with Gasteiger partial charge in [0.15, 0.2) is 0 Å². The summed E-state index contributed by atoms with van der Waals surface area (Å²) < 4.78 is 1.92. The van der Waals surface area contributed by atoms with E-state index in [2.05, 4.69) is 43.1 Å². The number of carbonyl (C=O) groups is 1. The number of benzene rings is 2. The quantitative estimate of drug-likeness (QED) is 0.682. The number of carbonyl (C=O) groups excluding carboxylic acids is 1. The van der Waals surface area contributed by atoms with Gasteiger partial charge in [-0.1, -0.05) is 50.2 Å². The molecule has 1 aromatic heterocycles. The van der Waals surface area contributed by atoms with Crippen molar-refractivity contribution in [1.29, 1.82) is 0 Å². The van der Waals surface area contributed by atoms with Crippen LogP contribution in [0, 0.1) is 0 Å². The van der Waals surface area contributed by atoms with Crippen LogP contribution in [0.1, 0.15) is 41.5 Å². The second kappa shape index (κ2) is 7.56. The number of rotatable bonds is 5. The molecule has 2 aromatic carbocycles. The van der Waals surface area contributed by atoms with E-state index in [0.717, 1.165) is 17.0 Å². The molecule has 0 aliphatic heterocycles. The summed E-state index contributed by atoms with van der Waals surface area (Å²) in [4.78, 5) is 18.6. The van der Waals surface area contributed by atoms with Gasteiger partial charge in [0.25, 0.3) is 5.91 Å². The number of hydrogen-bond donors (Lipinski definition) is 0. The van der Waals surface area contributed by atoms with Crippen LogP contribution in [0.5, 0.6) is 0 Å². The fourth-order valence-electron chi connectivity index (χ4n) is 2.92. The molecule has 4 heteroatoms. The minimum Gasteiger partial charge on any atom is -0.337 e. The molecule has 1 amide bonds. The zero-order chi connectivity index (χ0) is 18.7. The highest BCUT2D eigenvalue weighted by molar-refractivity contribution is 5.94. The van der Waals surface area contributed by atoms with E-state index in [-0.39, 0.29) is 5.91 Å². The van der Waals surface area contributed by atoms with Crippen molar-refractivity contribution in [3.05, 3.63) is 77.9 Å². The van der Waals surface area contributed by atoms with Gasteiger partial charge in [0, 0.05) is 32.1 Å². The lowest BCUT2D eigenvalue weighted by molar-refractivity contribution is 0.0780. The van der Waals surface area contributed by atoms with Crippen molar-refractivity contribution >= 4 is 5.91 Å². The third kappa shape index (κ3) is 3.85. The van der Waals surface area contributed by atoms with Crippen molar-refractivity contribution in [3.63, 3.8) is 0 Å². The smallest absolute Gasteiger partial charge is 0.254 e. The second-order valence-corrected chi connectivity index (χ2v) is 6.97. The molecule has 0 aliphatic rings. The number of amides is 1. The van der Waals surface area contributed by atoms with Crippen molar-refractivity contribution in [3.8, 4) is 11.1 Å². The summed E-state index contributed by atoms with van der Waals surface area (Å²) >= 11 is 0. The normalized spacial score (nSPS) is 11.0. The summed E-state index contributed by atoms with van der Waals surface area (Å²) in [7, 11) is 3.73. The molecule has 134 valence electrons. The van der Waals surface area contributed by atoms with Gasteiger partial charge in [-0.25, -0.2) is 4.98 Å². The van der Waals surface area contributed by atoms with Crippen LogP contribution in [0.4, 0.5) is 0 Å². The van der Waals surface area contributed by atoms with E-state index in [1.807, 2.05) is 42.1 Å². The summed E-state index contributed by atoms with van der Waals surface area (Å²) in [6.45, 7) is 4.87. The lowest BCUT2D eigenvalue weighted by Crippen LogP contribution is -2.27. The first-order chi connectivity index (χ1) is 12.5. The van der Waals surface area contributed by atoms with Gasteiger partial charge in [-0.3, -0.25) is 4.79 Å². The van der Waals surface area contributed by atoms with Crippen molar-refractivity contribution in [2.75, 3.05) is 7.05 Å². The molecule has 0 bridgehead atoms. The summed E-state index contributed by atoms with van der Waals surface area (Å²) in [5, 5.41) is 0. The Bertz CT molecular complexity index is 877. The highest BCUT2D eigenvalue weighted by Crippen LogP contribution is 2.23. The SMILES string of the molecule is CC(C)c1ccc(-c2ccc(C(=O)N(C)Cc3nccn3C)cc2)cc1.